The summed E-state index contributed by atoms with van der Waals surface area (Å²) in [7, 11) is 0. The van der Waals surface area contributed by atoms with Crippen LogP contribution in [0.3, 0.4) is 0 Å². The molecule has 0 aliphatic heterocycles. The van der Waals surface area contributed by atoms with Crippen LogP contribution in [0.2, 0.25) is 0 Å². The molecule has 0 saturated heterocycles. The van der Waals surface area contributed by atoms with Gasteiger partial charge in [0.25, 0.3) is 0 Å². The van der Waals surface area contributed by atoms with Gasteiger partial charge >= 0.3 is 41.0 Å². The normalized spacial score (nSPS) is 7.43. The molecule has 0 saturated carbocycles. The summed E-state index contributed by atoms with van der Waals surface area (Å²) in [5, 5.41) is 0. The van der Waals surface area contributed by atoms with Crippen molar-refractivity contribution in [2.45, 2.75) is 0 Å². The molecule has 2 nitrogen and oxygen atoms in total. The standard InChI is InChI=1S/C2H6N2.2BrH.Pt/c3-1-2-4;;;/h3-4H,1-2H2;2*1H;/q-2;;;+4/p-2. The Morgan fingerprint density at radius 1 is 1.14 bits per heavy atom. The second-order valence-electron chi connectivity index (χ2n) is 0.545. The molecule has 0 bridgehead atoms. The van der Waals surface area contributed by atoms with Crippen LogP contribution in [0.4, 0.5) is 0 Å². The predicted octanol–water partition coefficient (Wildman–Crippen LogP) is 2.78. The zero-order valence-corrected chi connectivity index (χ0v) is 8.93. The van der Waals surface area contributed by atoms with Crippen molar-refractivity contribution in [3.05, 3.63) is 11.5 Å². The van der Waals surface area contributed by atoms with Crippen LogP contribution in [0.1, 0.15) is 0 Å². The average molecular weight is 413 g/mol. The van der Waals surface area contributed by atoms with Crippen molar-refractivity contribution in [3.8, 4) is 0 Å². The molecule has 0 amide bonds. The molecule has 0 aliphatic carbocycles. The largest absolute Gasteiger partial charge is 0.679 e. The predicted molar refractivity (Wildman–Crippen MR) is 36.2 cm³/mol. The van der Waals surface area contributed by atoms with Crippen molar-refractivity contribution >= 4 is 26.6 Å². The summed E-state index contributed by atoms with van der Waals surface area (Å²) in [6.45, 7) is 0.472. The SMILES string of the molecule is [Br][Pt+2][Br].[NH-]CC[NH-]. The Kier molecular flexibility index (Phi) is 25.4. The van der Waals surface area contributed by atoms with Gasteiger partial charge in [-0.3, -0.25) is 0 Å². The van der Waals surface area contributed by atoms with Gasteiger partial charge in [0.1, 0.15) is 0 Å². The van der Waals surface area contributed by atoms with E-state index in [0.717, 1.165) is 0 Å². The molecule has 48 valence electrons. The Morgan fingerprint density at radius 2 is 1.29 bits per heavy atom. The van der Waals surface area contributed by atoms with Crippen molar-refractivity contribution in [3.63, 3.8) is 0 Å². The molecule has 5 heteroatoms. The van der Waals surface area contributed by atoms with Gasteiger partial charge in [-0.25, -0.2) is 0 Å². The Bertz CT molecular complexity index is 21.2. The second kappa shape index (κ2) is 15.6. The molecule has 2 N–H and O–H groups in total. The molecule has 0 aromatic carbocycles. The molecule has 0 rings (SSSR count). The topological polar surface area (TPSA) is 47.6 Å². The molecule has 0 atom stereocenters. The second-order valence-corrected chi connectivity index (χ2v) is 10.5. The average Bonchev–Trinajstić information content (AvgIpc) is 1.69. The van der Waals surface area contributed by atoms with Crippen molar-refractivity contribution in [2.24, 2.45) is 0 Å². The fraction of sp³-hybridized carbons (Fsp3) is 1.00. The quantitative estimate of drug-likeness (QED) is 0.636. The molecule has 0 fully saturated rings. The molecule has 0 aromatic heterocycles. The first kappa shape index (κ1) is 11.4. The Labute approximate surface area is 65.2 Å². The van der Waals surface area contributed by atoms with E-state index in [4.69, 9.17) is 11.5 Å². The summed E-state index contributed by atoms with van der Waals surface area (Å²) in [6, 6.07) is 0. The van der Waals surface area contributed by atoms with E-state index in [1.807, 2.05) is 0 Å². The van der Waals surface area contributed by atoms with Gasteiger partial charge in [-0.1, -0.05) is 0 Å². The molecule has 0 heterocycles. The molecule has 0 aliphatic rings. The van der Waals surface area contributed by atoms with Crippen LogP contribution >= 0.6 is 26.6 Å². The van der Waals surface area contributed by atoms with Crippen LogP contribution < -0.4 is 0 Å². The van der Waals surface area contributed by atoms with Gasteiger partial charge in [-0.05, 0) is 0 Å². The minimum Gasteiger partial charge on any atom is -0.679 e. The third-order valence-electron chi connectivity index (χ3n) is 0.125. The van der Waals surface area contributed by atoms with Gasteiger partial charge in [0.15, 0.2) is 0 Å². The maximum Gasteiger partial charge on any atom is -0.171 e. The smallest absolute Gasteiger partial charge is 0.171 e. The van der Waals surface area contributed by atoms with Crippen LogP contribution in [0.25, 0.3) is 11.5 Å². The van der Waals surface area contributed by atoms with Gasteiger partial charge in [0.05, 0.1) is 0 Å². The van der Waals surface area contributed by atoms with Gasteiger partial charge in [0, 0.05) is 0 Å². The summed E-state index contributed by atoms with van der Waals surface area (Å²) < 4.78 is 0. The fourth-order valence-corrected chi connectivity index (χ4v) is 0. The third-order valence-corrected chi connectivity index (χ3v) is 0.125. The van der Waals surface area contributed by atoms with Gasteiger partial charge in [0.2, 0.25) is 0 Å². The molecular formula is C2H6Br2N2Pt. The Morgan fingerprint density at radius 3 is 1.29 bits per heavy atom. The number of hydrogen-bond donors (Lipinski definition) is 0. The van der Waals surface area contributed by atoms with Crippen LogP contribution in [0.5, 0.6) is 0 Å². The van der Waals surface area contributed by atoms with E-state index in [2.05, 4.69) is 26.6 Å². The van der Waals surface area contributed by atoms with Gasteiger partial charge < -0.3 is 11.5 Å². The van der Waals surface area contributed by atoms with Crippen LogP contribution in [-0.2, 0) is 14.5 Å². The van der Waals surface area contributed by atoms with E-state index in [9.17, 15) is 0 Å². The number of rotatable bonds is 1. The van der Waals surface area contributed by atoms with Crippen molar-refractivity contribution in [2.75, 3.05) is 13.1 Å². The van der Waals surface area contributed by atoms with Crippen LogP contribution in [0, 0.1) is 0 Å². The van der Waals surface area contributed by atoms with Crippen molar-refractivity contribution in [1.82, 2.24) is 0 Å². The molecule has 7 heavy (non-hydrogen) atoms. The Hall–Kier alpha value is 1.57. The zero-order chi connectivity index (χ0) is 6.12. The van der Waals surface area contributed by atoms with E-state index >= 15 is 0 Å². The number of halogens is 2. The first-order chi connectivity index (χ1) is 3.33. The summed E-state index contributed by atoms with van der Waals surface area (Å²) >= 11 is 6.56. The maximum absolute atomic E-state index is 6.26. The molecule has 0 spiro atoms. The third kappa shape index (κ3) is 35.6. The first-order valence-electron chi connectivity index (χ1n) is 1.45. The van der Waals surface area contributed by atoms with Crippen LogP contribution in [-0.4, -0.2) is 13.1 Å². The molecule has 0 radical (unpaired) electrons. The summed E-state index contributed by atoms with van der Waals surface area (Å²) in [6.07, 6.45) is 0. The summed E-state index contributed by atoms with van der Waals surface area (Å²) in [5.74, 6) is 0. The van der Waals surface area contributed by atoms with Crippen molar-refractivity contribution < 1.29 is 14.5 Å². The number of hydrogen-bond acceptors (Lipinski definition) is 0. The molecule has 0 aromatic rings. The first-order valence-corrected chi connectivity index (χ1v) is 11.4. The molecule has 0 unspecified atom stereocenters. The Balaban J connectivity index is 0. The minimum absolute atomic E-state index is 0.208. The van der Waals surface area contributed by atoms with E-state index in [0.29, 0.717) is 0 Å². The van der Waals surface area contributed by atoms with E-state index in [1.165, 1.54) is 0 Å². The van der Waals surface area contributed by atoms with E-state index in [-0.39, 0.29) is 27.5 Å². The van der Waals surface area contributed by atoms with Gasteiger partial charge in [-0.2, -0.15) is 13.1 Å². The summed E-state index contributed by atoms with van der Waals surface area (Å²) in [4.78, 5) is 0. The minimum atomic E-state index is 0.208. The summed E-state index contributed by atoms with van der Waals surface area (Å²) in [5.41, 5.74) is 12.5. The van der Waals surface area contributed by atoms with Crippen molar-refractivity contribution in [1.29, 1.82) is 0 Å². The van der Waals surface area contributed by atoms with Crippen LogP contribution in [0.15, 0.2) is 0 Å². The van der Waals surface area contributed by atoms with E-state index in [1.54, 1.807) is 0 Å². The number of nitrogens with one attached hydrogen (secondary N) is 2. The maximum atomic E-state index is 6.26. The van der Waals surface area contributed by atoms with E-state index < -0.39 is 0 Å². The zero-order valence-electron chi connectivity index (χ0n) is 3.49. The van der Waals surface area contributed by atoms with Gasteiger partial charge in [-0.15, -0.1) is 0 Å². The fourth-order valence-electron chi connectivity index (χ4n) is 0. The molecular weight excluding hydrogens is 407 g/mol. The monoisotopic (exact) mass is 411 g/mol.